The van der Waals surface area contributed by atoms with Crippen LogP contribution < -0.4 is 14.8 Å². The molecule has 0 amide bonds. The zero-order chi connectivity index (χ0) is 15.2. The van der Waals surface area contributed by atoms with Gasteiger partial charge < -0.3 is 14.8 Å². The number of nitrogens with one attached hydrogen (secondary N) is 1. The normalized spacial score (nSPS) is 11.9. The number of rotatable bonds is 6. The molecule has 0 radical (unpaired) electrons. The first-order chi connectivity index (χ1) is 9.37. The van der Waals surface area contributed by atoms with Gasteiger partial charge in [-0.2, -0.15) is 0 Å². The van der Waals surface area contributed by atoms with Crippen LogP contribution in [0.3, 0.4) is 0 Å². The Morgan fingerprint density at radius 1 is 1.30 bits per heavy atom. The number of methoxy groups -OCH3 is 1. The van der Waals surface area contributed by atoms with Crippen LogP contribution in [0, 0.1) is 0 Å². The Hall–Kier alpha value is -1.19. The van der Waals surface area contributed by atoms with Crippen molar-refractivity contribution >= 4 is 17.7 Å². The van der Waals surface area contributed by atoms with Gasteiger partial charge in [0.2, 0.25) is 0 Å². The van der Waals surface area contributed by atoms with Crippen molar-refractivity contribution in [2.45, 2.75) is 33.2 Å². The summed E-state index contributed by atoms with van der Waals surface area (Å²) in [6.45, 7) is 9.72. The maximum Gasteiger partial charge on any atom is 0.179 e. The minimum atomic E-state index is 0.109. The number of hydrogen-bond donors (Lipinski definition) is 1. The van der Waals surface area contributed by atoms with Crippen molar-refractivity contribution in [1.82, 2.24) is 5.32 Å². The summed E-state index contributed by atoms with van der Waals surface area (Å²) >= 11 is 6.20. The van der Waals surface area contributed by atoms with E-state index in [0.717, 1.165) is 12.1 Å². The molecular formula is C16H24ClNO2. The highest BCUT2D eigenvalue weighted by Crippen LogP contribution is 2.36. The maximum atomic E-state index is 6.20. The Kier molecular flexibility index (Phi) is 6.37. The molecule has 1 N–H and O–H groups in total. The summed E-state index contributed by atoms with van der Waals surface area (Å²) in [4.78, 5) is 0. The van der Waals surface area contributed by atoms with Crippen LogP contribution in [0.2, 0.25) is 5.02 Å². The molecule has 4 heteroatoms. The van der Waals surface area contributed by atoms with E-state index in [2.05, 4.69) is 32.2 Å². The fourth-order valence-electron chi connectivity index (χ4n) is 1.71. The van der Waals surface area contributed by atoms with Crippen molar-refractivity contribution in [3.63, 3.8) is 0 Å². The first-order valence-electron chi connectivity index (χ1n) is 6.79. The van der Waals surface area contributed by atoms with Crippen LogP contribution in [0.4, 0.5) is 0 Å². The second kappa shape index (κ2) is 7.55. The molecule has 0 aliphatic carbocycles. The van der Waals surface area contributed by atoms with Crippen LogP contribution in [0.1, 0.15) is 33.3 Å². The van der Waals surface area contributed by atoms with Gasteiger partial charge in [0.1, 0.15) is 0 Å². The van der Waals surface area contributed by atoms with E-state index in [1.165, 1.54) is 0 Å². The third-order valence-corrected chi connectivity index (χ3v) is 2.88. The van der Waals surface area contributed by atoms with E-state index in [0.29, 0.717) is 23.1 Å². The first kappa shape index (κ1) is 16.9. The zero-order valence-electron chi connectivity index (χ0n) is 12.9. The summed E-state index contributed by atoms with van der Waals surface area (Å²) in [6.07, 6.45) is 4.09. The Morgan fingerprint density at radius 2 is 2.00 bits per heavy atom. The molecule has 0 spiro atoms. The van der Waals surface area contributed by atoms with Gasteiger partial charge in [-0.25, -0.2) is 0 Å². The molecular weight excluding hydrogens is 274 g/mol. The monoisotopic (exact) mass is 297 g/mol. The van der Waals surface area contributed by atoms with Crippen molar-refractivity contribution in [2.24, 2.45) is 0 Å². The molecule has 0 aromatic heterocycles. The standard InChI is InChI=1S/C16H24ClNO2/c1-6-20-14-11-12(10-13(17)15(14)19-5)8-7-9-18-16(2,3)4/h7-8,10-11,18H,6,9H2,1-5H3. The van der Waals surface area contributed by atoms with Crippen LogP contribution in [0.25, 0.3) is 6.08 Å². The smallest absolute Gasteiger partial charge is 0.179 e. The Morgan fingerprint density at radius 3 is 2.55 bits per heavy atom. The minimum absolute atomic E-state index is 0.109. The largest absolute Gasteiger partial charge is 0.491 e. The van der Waals surface area contributed by atoms with Crippen molar-refractivity contribution in [2.75, 3.05) is 20.3 Å². The van der Waals surface area contributed by atoms with Gasteiger partial charge in [-0.1, -0.05) is 23.8 Å². The van der Waals surface area contributed by atoms with Gasteiger partial charge in [-0.15, -0.1) is 0 Å². The number of benzene rings is 1. The summed E-state index contributed by atoms with van der Waals surface area (Å²) < 4.78 is 10.8. The molecule has 0 saturated heterocycles. The van der Waals surface area contributed by atoms with Gasteiger partial charge in [0.25, 0.3) is 0 Å². The lowest BCUT2D eigenvalue weighted by molar-refractivity contribution is 0.311. The first-order valence-corrected chi connectivity index (χ1v) is 7.17. The van der Waals surface area contributed by atoms with Gasteiger partial charge in [0.15, 0.2) is 11.5 Å². The van der Waals surface area contributed by atoms with Crippen LogP contribution >= 0.6 is 11.6 Å². The highest BCUT2D eigenvalue weighted by atomic mass is 35.5. The second-order valence-electron chi connectivity index (χ2n) is 5.50. The third-order valence-electron chi connectivity index (χ3n) is 2.60. The molecule has 0 atom stereocenters. The molecule has 0 heterocycles. The molecule has 0 saturated carbocycles. The summed E-state index contributed by atoms with van der Waals surface area (Å²) in [6, 6.07) is 3.80. The fraction of sp³-hybridized carbons (Fsp3) is 0.500. The molecule has 0 fully saturated rings. The van der Waals surface area contributed by atoms with Crippen LogP contribution in [-0.2, 0) is 0 Å². The van der Waals surface area contributed by atoms with Crippen molar-refractivity contribution in [3.05, 3.63) is 28.8 Å². The maximum absolute atomic E-state index is 6.20. The molecule has 112 valence electrons. The molecule has 1 aromatic carbocycles. The summed E-state index contributed by atoms with van der Waals surface area (Å²) in [5, 5.41) is 3.95. The molecule has 0 unspecified atom stereocenters. The Bertz CT molecular complexity index is 464. The van der Waals surface area contributed by atoms with Gasteiger partial charge in [0, 0.05) is 12.1 Å². The third kappa shape index (κ3) is 5.43. The fourth-order valence-corrected chi connectivity index (χ4v) is 2.00. The van der Waals surface area contributed by atoms with E-state index >= 15 is 0 Å². The number of ether oxygens (including phenoxy) is 2. The minimum Gasteiger partial charge on any atom is -0.491 e. The average molecular weight is 298 g/mol. The highest BCUT2D eigenvalue weighted by molar-refractivity contribution is 6.32. The van der Waals surface area contributed by atoms with Crippen molar-refractivity contribution in [1.29, 1.82) is 0 Å². The highest BCUT2D eigenvalue weighted by Gasteiger charge is 2.10. The quantitative estimate of drug-likeness (QED) is 0.855. The zero-order valence-corrected chi connectivity index (χ0v) is 13.7. The van der Waals surface area contributed by atoms with Crippen LogP contribution in [0.5, 0.6) is 11.5 Å². The van der Waals surface area contributed by atoms with E-state index in [-0.39, 0.29) is 5.54 Å². The lowest BCUT2D eigenvalue weighted by Gasteiger charge is -2.19. The van der Waals surface area contributed by atoms with Gasteiger partial charge in [-0.05, 0) is 45.4 Å². The van der Waals surface area contributed by atoms with E-state index in [1.807, 2.05) is 25.1 Å². The lowest BCUT2D eigenvalue weighted by atomic mass is 10.1. The van der Waals surface area contributed by atoms with E-state index in [1.54, 1.807) is 7.11 Å². The van der Waals surface area contributed by atoms with Crippen LogP contribution in [-0.4, -0.2) is 25.8 Å². The predicted molar refractivity (Wildman–Crippen MR) is 86.0 cm³/mol. The SMILES string of the molecule is CCOc1cc(C=CCNC(C)(C)C)cc(Cl)c1OC. The molecule has 0 bridgehead atoms. The summed E-state index contributed by atoms with van der Waals surface area (Å²) in [5.41, 5.74) is 1.10. The molecule has 0 aliphatic rings. The van der Waals surface area contributed by atoms with E-state index < -0.39 is 0 Å². The topological polar surface area (TPSA) is 30.5 Å². The lowest BCUT2D eigenvalue weighted by Crippen LogP contribution is -2.35. The molecule has 0 aliphatic heterocycles. The summed E-state index contributed by atoms with van der Waals surface area (Å²) in [5.74, 6) is 1.25. The Balaban J connectivity index is 2.83. The van der Waals surface area contributed by atoms with Crippen molar-refractivity contribution in [3.8, 4) is 11.5 Å². The number of hydrogen-bond acceptors (Lipinski definition) is 3. The Labute approximate surface area is 126 Å². The van der Waals surface area contributed by atoms with Crippen molar-refractivity contribution < 1.29 is 9.47 Å². The second-order valence-corrected chi connectivity index (χ2v) is 5.91. The van der Waals surface area contributed by atoms with Gasteiger partial charge in [-0.3, -0.25) is 0 Å². The molecule has 3 nitrogen and oxygen atoms in total. The summed E-state index contributed by atoms with van der Waals surface area (Å²) in [7, 11) is 1.59. The van der Waals surface area contributed by atoms with Gasteiger partial charge >= 0.3 is 0 Å². The molecule has 1 aromatic rings. The predicted octanol–water partition coefficient (Wildman–Crippen LogP) is 4.15. The number of halogens is 1. The van der Waals surface area contributed by atoms with E-state index in [4.69, 9.17) is 21.1 Å². The van der Waals surface area contributed by atoms with E-state index in [9.17, 15) is 0 Å². The molecule has 20 heavy (non-hydrogen) atoms. The van der Waals surface area contributed by atoms with Gasteiger partial charge in [0.05, 0.1) is 18.7 Å². The van der Waals surface area contributed by atoms with Crippen LogP contribution in [0.15, 0.2) is 18.2 Å². The molecule has 1 rings (SSSR count). The average Bonchev–Trinajstić information content (AvgIpc) is 2.34.